The molecule has 1 unspecified atom stereocenters. The van der Waals surface area contributed by atoms with Crippen molar-refractivity contribution in [1.82, 2.24) is 10.6 Å². The molecule has 1 amide bonds. The van der Waals surface area contributed by atoms with Gasteiger partial charge in [0.15, 0.2) is 0 Å². The van der Waals surface area contributed by atoms with Crippen molar-refractivity contribution in [1.29, 1.82) is 0 Å². The monoisotopic (exact) mass is 398 g/mol. The number of nitrogens with one attached hydrogen (secondary N) is 2. The van der Waals surface area contributed by atoms with Gasteiger partial charge in [-0.3, -0.25) is 4.79 Å². The molecule has 26 heavy (non-hydrogen) atoms. The first kappa shape index (κ1) is 21.4. The SMILES string of the molecule is O=C(NCCOCCNCCCCCC1CCSS1)c1ccccc1O. The van der Waals surface area contributed by atoms with Crippen molar-refractivity contribution >= 4 is 27.5 Å². The molecule has 1 aliphatic heterocycles. The van der Waals surface area contributed by atoms with Gasteiger partial charge in [-0.1, -0.05) is 46.6 Å². The summed E-state index contributed by atoms with van der Waals surface area (Å²) in [7, 11) is 4.09. The van der Waals surface area contributed by atoms with Crippen LogP contribution in [0.3, 0.4) is 0 Å². The molecule has 0 spiro atoms. The molecule has 0 aliphatic carbocycles. The van der Waals surface area contributed by atoms with Crippen LogP contribution in [-0.2, 0) is 4.74 Å². The summed E-state index contributed by atoms with van der Waals surface area (Å²) >= 11 is 0. The highest BCUT2D eigenvalue weighted by atomic mass is 33.1. The molecule has 3 N–H and O–H groups in total. The minimum atomic E-state index is -0.278. The molecule has 2 rings (SSSR count). The van der Waals surface area contributed by atoms with E-state index in [-0.39, 0.29) is 11.7 Å². The van der Waals surface area contributed by atoms with Crippen molar-refractivity contribution in [3.63, 3.8) is 0 Å². The predicted octanol–water partition coefficient (Wildman–Crippen LogP) is 3.44. The molecule has 0 bridgehead atoms. The number of hydrogen-bond donors (Lipinski definition) is 3. The first-order valence-corrected chi connectivity index (χ1v) is 11.8. The second-order valence-electron chi connectivity index (χ2n) is 6.31. The van der Waals surface area contributed by atoms with Crippen molar-refractivity contribution in [3.05, 3.63) is 29.8 Å². The van der Waals surface area contributed by atoms with Crippen LogP contribution in [0.15, 0.2) is 24.3 Å². The summed E-state index contributed by atoms with van der Waals surface area (Å²) in [5.74, 6) is 1.05. The molecule has 0 saturated carbocycles. The zero-order valence-electron chi connectivity index (χ0n) is 15.2. The number of hydrogen-bond acceptors (Lipinski definition) is 6. The van der Waals surface area contributed by atoms with Gasteiger partial charge in [0, 0.05) is 24.1 Å². The van der Waals surface area contributed by atoms with Gasteiger partial charge in [0.25, 0.3) is 5.91 Å². The van der Waals surface area contributed by atoms with Gasteiger partial charge in [0.2, 0.25) is 0 Å². The van der Waals surface area contributed by atoms with Crippen molar-refractivity contribution < 1.29 is 14.6 Å². The Morgan fingerprint density at radius 3 is 2.81 bits per heavy atom. The second-order valence-corrected chi connectivity index (χ2v) is 9.10. The van der Waals surface area contributed by atoms with Gasteiger partial charge in [-0.25, -0.2) is 0 Å². The zero-order chi connectivity index (χ0) is 18.5. The van der Waals surface area contributed by atoms with Crippen molar-refractivity contribution in [2.24, 2.45) is 0 Å². The second kappa shape index (κ2) is 13.3. The van der Waals surface area contributed by atoms with Crippen LogP contribution in [0, 0.1) is 0 Å². The van der Waals surface area contributed by atoms with Gasteiger partial charge in [0.05, 0.1) is 18.8 Å². The molecule has 1 aromatic carbocycles. The van der Waals surface area contributed by atoms with Crippen LogP contribution < -0.4 is 10.6 Å². The van der Waals surface area contributed by atoms with Crippen molar-refractivity contribution in [2.75, 3.05) is 38.6 Å². The Labute approximate surface area is 164 Å². The molecule has 5 nitrogen and oxygen atoms in total. The van der Waals surface area contributed by atoms with E-state index in [9.17, 15) is 9.90 Å². The highest BCUT2D eigenvalue weighted by Crippen LogP contribution is 2.39. The van der Waals surface area contributed by atoms with Gasteiger partial charge in [-0.05, 0) is 37.9 Å². The Hall–Kier alpha value is -0.890. The molecule has 146 valence electrons. The number of ether oxygens (including phenoxy) is 1. The molecule has 7 heteroatoms. The Bertz CT molecular complexity index is 525. The van der Waals surface area contributed by atoms with Crippen LogP contribution in [0.4, 0.5) is 0 Å². The third-order valence-corrected chi connectivity index (χ3v) is 7.22. The summed E-state index contributed by atoms with van der Waals surface area (Å²) < 4.78 is 5.50. The number of carbonyl (C=O) groups is 1. The molecular formula is C19H30N2O3S2. The van der Waals surface area contributed by atoms with E-state index in [1.807, 2.05) is 10.8 Å². The highest BCUT2D eigenvalue weighted by molar-refractivity contribution is 8.77. The largest absolute Gasteiger partial charge is 0.507 e. The number of amides is 1. The number of aromatic hydroxyl groups is 1. The fourth-order valence-corrected chi connectivity index (χ4v) is 5.76. The van der Waals surface area contributed by atoms with Crippen LogP contribution in [0.25, 0.3) is 0 Å². The van der Waals surface area contributed by atoms with Crippen molar-refractivity contribution in [2.45, 2.75) is 37.4 Å². The Morgan fingerprint density at radius 1 is 1.15 bits per heavy atom. The summed E-state index contributed by atoms with van der Waals surface area (Å²) in [6.45, 7) is 3.42. The Balaban J connectivity index is 1.35. The number of phenols is 1. The fraction of sp³-hybridized carbons (Fsp3) is 0.632. The first-order chi connectivity index (χ1) is 12.8. The molecule has 1 heterocycles. The third kappa shape index (κ3) is 8.66. The normalized spacial score (nSPS) is 16.7. The standard InChI is InChI=1S/C19H30N2O3S2/c22-18-8-4-3-7-17(18)19(23)21-12-14-24-13-11-20-10-5-1-2-6-16-9-15-25-26-16/h3-4,7-8,16,20,22H,1-2,5-6,9-15H2,(H,21,23). The molecule has 0 aromatic heterocycles. The van der Waals surface area contributed by atoms with E-state index in [2.05, 4.69) is 21.4 Å². The first-order valence-electron chi connectivity index (χ1n) is 9.40. The minimum Gasteiger partial charge on any atom is -0.507 e. The Kier molecular flexibility index (Phi) is 11.0. The van der Waals surface area contributed by atoms with Crippen LogP contribution in [0.2, 0.25) is 0 Å². The smallest absolute Gasteiger partial charge is 0.255 e. The number of carbonyl (C=O) groups excluding carboxylic acids is 1. The molecule has 0 radical (unpaired) electrons. The molecule has 1 saturated heterocycles. The molecule has 1 aliphatic rings. The van der Waals surface area contributed by atoms with Crippen LogP contribution in [0.5, 0.6) is 5.75 Å². The molecular weight excluding hydrogens is 368 g/mol. The number of unbranched alkanes of at least 4 members (excludes halogenated alkanes) is 2. The lowest BCUT2D eigenvalue weighted by Crippen LogP contribution is -2.28. The summed E-state index contributed by atoms with van der Waals surface area (Å²) in [5, 5.41) is 16.6. The fourth-order valence-electron chi connectivity index (χ4n) is 2.73. The van der Waals surface area contributed by atoms with E-state index in [0.29, 0.717) is 25.3 Å². The number of para-hydroxylation sites is 1. The maximum atomic E-state index is 11.9. The average Bonchev–Trinajstić information content (AvgIpc) is 3.16. The quantitative estimate of drug-likeness (QED) is 0.349. The summed E-state index contributed by atoms with van der Waals surface area (Å²) in [6.07, 6.45) is 6.62. The lowest BCUT2D eigenvalue weighted by Gasteiger charge is -2.09. The van der Waals surface area contributed by atoms with E-state index in [0.717, 1.165) is 18.3 Å². The van der Waals surface area contributed by atoms with Gasteiger partial charge in [-0.2, -0.15) is 0 Å². The van der Waals surface area contributed by atoms with Gasteiger partial charge < -0.3 is 20.5 Å². The van der Waals surface area contributed by atoms with E-state index in [1.165, 1.54) is 43.9 Å². The number of rotatable bonds is 13. The maximum absolute atomic E-state index is 11.9. The highest BCUT2D eigenvalue weighted by Gasteiger charge is 2.15. The Morgan fingerprint density at radius 2 is 2.00 bits per heavy atom. The maximum Gasteiger partial charge on any atom is 0.255 e. The number of phenolic OH excluding ortho intramolecular Hbond substituents is 1. The summed E-state index contributed by atoms with van der Waals surface area (Å²) in [4.78, 5) is 11.9. The van der Waals surface area contributed by atoms with Gasteiger partial charge in [0.1, 0.15) is 5.75 Å². The van der Waals surface area contributed by atoms with Crippen LogP contribution in [0.1, 0.15) is 42.5 Å². The van der Waals surface area contributed by atoms with E-state index in [1.54, 1.807) is 18.2 Å². The lowest BCUT2D eigenvalue weighted by atomic mass is 10.1. The minimum absolute atomic E-state index is 0.00370. The van der Waals surface area contributed by atoms with Crippen LogP contribution >= 0.6 is 21.6 Å². The average molecular weight is 399 g/mol. The van der Waals surface area contributed by atoms with Gasteiger partial charge in [-0.15, -0.1) is 0 Å². The lowest BCUT2D eigenvalue weighted by molar-refractivity contribution is 0.0914. The van der Waals surface area contributed by atoms with E-state index < -0.39 is 0 Å². The summed E-state index contributed by atoms with van der Waals surface area (Å²) in [5.41, 5.74) is 0.291. The summed E-state index contributed by atoms with van der Waals surface area (Å²) in [6, 6.07) is 6.52. The van der Waals surface area contributed by atoms with E-state index in [4.69, 9.17) is 4.74 Å². The third-order valence-electron chi connectivity index (χ3n) is 4.21. The van der Waals surface area contributed by atoms with Crippen molar-refractivity contribution in [3.8, 4) is 5.75 Å². The zero-order valence-corrected chi connectivity index (χ0v) is 16.9. The topological polar surface area (TPSA) is 70.6 Å². The molecule has 1 aromatic rings. The predicted molar refractivity (Wildman–Crippen MR) is 111 cm³/mol. The number of benzene rings is 1. The van der Waals surface area contributed by atoms with E-state index >= 15 is 0 Å². The van der Waals surface area contributed by atoms with Gasteiger partial charge >= 0.3 is 0 Å². The molecule has 1 atom stereocenters. The molecule has 1 fully saturated rings. The van der Waals surface area contributed by atoms with Crippen LogP contribution in [-0.4, -0.2) is 54.9 Å².